The molecule has 1 N–H and O–H groups in total. The fourth-order valence-corrected chi connectivity index (χ4v) is 2.73. The summed E-state index contributed by atoms with van der Waals surface area (Å²) in [6.07, 6.45) is 1.11. The lowest BCUT2D eigenvalue weighted by molar-refractivity contribution is 0.215. The van der Waals surface area contributed by atoms with Crippen LogP contribution in [0.1, 0.15) is 38.3 Å². The van der Waals surface area contributed by atoms with E-state index < -0.39 is 0 Å². The minimum atomic E-state index is 0.194. The molecule has 0 aliphatic heterocycles. The summed E-state index contributed by atoms with van der Waals surface area (Å²) in [5, 5.41) is 3.83. The van der Waals surface area contributed by atoms with Crippen molar-refractivity contribution in [3.63, 3.8) is 0 Å². The summed E-state index contributed by atoms with van der Waals surface area (Å²) in [6.45, 7) is 8.42. The molecule has 0 aliphatic rings. The topological polar surface area (TPSA) is 30.5 Å². The van der Waals surface area contributed by atoms with E-state index in [4.69, 9.17) is 21.1 Å². The van der Waals surface area contributed by atoms with Crippen LogP contribution in [0.15, 0.2) is 42.5 Å². The van der Waals surface area contributed by atoms with Crippen molar-refractivity contribution in [3.8, 4) is 11.5 Å². The van der Waals surface area contributed by atoms with Gasteiger partial charge in [0, 0.05) is 17.1 Å². The maximum absolute atomic E-state index is 6.04. The van der Waals surface area contributed by atoms with Gasteiger partial charge in [-0.3, -0.25) is 0 Å². The molecule has 0 spiro atoms. The van der Waals surface area contributed by atoms with Crippen molar-refractivity contribution in [1.29, 1.82) is 0 Å². The molecule has 0 unspecified atom stereocenters. The number of ether oxygens (including phenoxy) is 2. The second-order valence-corrected chi connectivity index (χ2v) is 7.18. The molecule has 0 radical (unpaired) electrons. The van der Waals surface area contributed by atoms with Gasteiger partial charge in [-0.25, -0.2) is 0 Å². The second-order valence-electron chi connectivity index (χ2n) is 6.74. The average molecular weight is 362 g/mol. The zero-order chi connectivity index (χ0) is 18.3. The zero-order valence-electron chi connectivity index (χ0n) is 15.6. The molecule has 0 fully saturated rings. The van der Waals surface area contributed by atoms with E-state index in [0.29, 0.717) is 24.8 Å². The number of hydrogen-bond donors (Lipinski definition) is 1. The van der Waals surface area contributed by atoms with Gasteiger partial charge < -0.3 is 14.8 Å². The Morgan fingerprint density at radius 2 is 1.68 bits per heavy atom. The van der Waals surface area contributed by atoms with Gasteiger partial charge in [-0.05, 0) is 54.8 Å². The van der Waals surface area contributed by atoms with Gasteiger partial charge in [0.15, 0.2) is 0 Å². The van der Waals surface area contributed by atoms with Crippen LogP contribution in [0.4, 0.5) is 0 Å². The van der Waals surface area contributed by atoms with Gasteiger partial charge in [-0.2, -0.15) is 0 Å². The quantitative estimate of drug-likeness (QED) is 0.622. The second kappa shape index (κ2) is 9.12. The third kappa shape index (κ3) is 5.65. The largest absolute Gasteiger partial charge is 0.490 e. The Kier molecular flexibility index (Phi) is 7.15. The number of nitrogens with one attached hydrogen (secondary N) is 1. The first-order chi connectivity index (χ1) is 12.0. The normalized spacial score (nSPS) is 11.4. The van der Waals surface area contributed by atoms with Gasteiger partial charge in [-0.15, -0.1) is 0 Å². The van der Waals surface area contributed by atoms with E-state index in [0.717, 1.165) is 23.5 Å². The molecular weight excluding hydrogens is 334 g/mol. The molecule has 2 aromatic carbocycles. The first-order valence-corrected chi connectivity index (χ1v) is 9.13. The van der Waals surface area contributed by atoms with Gasteiger partial charge in [0.05, 0.1) is 0 Å². The minimum absolute atomic E-state index is 0.194. The molecule has 25 heavy (non-hydrogen) atoms. The summed E-state index contributed by atoms with van der Waals surface area (Å²) >= 11 is 6.04. The first-order valence-electron chi connectivity index (χ1n) is 8.75. The molecular formula is C21H28ClNO2. The Morgan fingerprint density at radius 1 is 1.00 bits per heavy atom. The van der Waals surface area contributed by atoms with Crippen LogP contribution < -0.4 is 14.8 Å². The maximum Gasteiger partial charge on any atom is 0.124 e. The molecule has 0 amide bonds. The third-order valence-electron chi connectivity index (χ3n) is 4.52. The predicted octanol–water partition coefficient (Wildman–Crippen LogP) is 5.20. The van der Waals surface area contributed by atoms with Gasteiger partial charge in [0.2, 0.25) is 0 Å². The van der Waals surface area contributed by atoms with E-state index in [1.165, 1.54) is 5.56 Å². The monoisotopic (exact) mass is 361 g/mol. The van der Waals surface area contributed by atoms with E-state index in [2.05, 4.69) is 38.2 Å². The van der Waals surface area contributed by atoms with Crippen LogP contribution in [0, 0.1) is 0 Å². The Hall–Kier alpha value is -1.71. The summed E-state index contributed by atoms with van der Waals surface area (Å²) in [6, 6.07) is 14.0. The van der Waals surface area contributed by atoms with Crippen LogP contribution in [0.25, 0.3) is 0 Å². The summed E-state index contributed by atoms with van der Waals surface area (Å²) < 4.78 is 11.6. The van der Waals surface area contributed by atoms with E-state index >= 15 is 0 Å². The van der Waals surface area contributed by atoms with Crippen molar-refractivity contribution in [2.75, 3.05) is 20.3 Å². The van der Waals surface area contributed by atoms with E-state index in [1.54, 1.807) is 0 Å². The summed E-state index contributed by atoms with van der Waals surface area (Å²) in [5.74, 6) is 1.70. The lowest BCUT2D eigenvalue weighted by Crippen LogP contribution is -2.15. The molecule has 3 nitrogen and oxygen atoms in total. The minimum Gasteiger partial charge on any atom is -0.490 e. The summed E-state index contributed by atoms with van der Waals surface area (Å²) in [5.41, 5.74) is 2.57. The van der Waals surface area contributed by atoms with E-state index in [-0.39, 0.29) is 5.41 Å². The van der Waals surface area contributed by atoms with Gasteiger partial charge >= 0.3 is 0 Å². The van der Waals surface area contributed by atoms with Crippen LogP contribution in [0.5, 0.6) is 11.5 Å². The van der Waals surface area contributed by atoms with Gasteiger partial charge in [0.25, 0.3) is 0 Å². The summed E-state index contributed by atoms with van der Waals surface area (Å²) in [7, 11) is 1.90. The summed E-state index contributed by atoms with van der Waals surface area (Å²) in [4.78, 5) is 0. The molecule has 0 aromatic heterocycles. The fourth-order valence-electron chi connectivity index (χ4n) is 2.54. The van der Waals surface area contributed by atoms with Crippen molar-refractivity contribution < 1.29 is 9.47 Å². The molecule has 2 aromatic rings. The molecule has 4 heteroatoms. The lowest BCUT2D eigenvalue weighted by Gasteiger charge is -2.23. The molecule has 0 atom stereocenters. The SMILES string of the molecule is CCC(C)(C)c1ccc(OCCOc2ccc(Cl)cc2CNC)cc1. The van der Waals surface area contributed by atoms with Crippen LogP contribution in [0.3, 0.4) is 0 Å². The molecule has 0 aliphatic carbocycles. The highest BCUT2D eigenvalue weighted by Gasteiger charge is 2.17. The Balaban J connectivity index is 1.85. The molecule has 0 saturated carbocycles. The van der Waals surface area contributed by atoms with Crippen molar-refractivity contribution in [3.05, 3.63) is 58.6 Å². The average Bonchev–Trinajstić information content (AvgIpc) is 2.61. The van der Waals surface area contributed by atoms with Crippen molar-refractivity contribution in [2.45, 2.75) is 39.2 Å². The standard InChI is InChI=1S/C21H28ClNO2/c1-5-21(2,3)17-6-9-19(10-7-17)24-12-13-25-20-11-8-18(22)14-16(20)15-23-4/h6-11,14,23H,5,12-13,15H2,1-4H3. The number of rotatable bonds is 9. The predicted molar refractivity (Wildman–Crippen MR) is 105 cm³/mol. The molecule has 0 heterocycles. The Bertz CT molecular complexity index is 668. The number of halogens is 1. The molecule has 136 valence electrons. The van der Waals surface area contributed by atoms with Gasteiger partial charge in [-0.1, -0.05) is 44.5 Å². The van der Waals surface area contributed by atoms with Crippen LogP contribution in [0.2, 0.25) is 5.02 Å². The lowest BCUT2D eigenvalue weighted by atomic mass is 9.82. The van der Waals surface area contributed by atoms with Crippen molar-refractivity contribution in [2.24, 2.45) is 0 Å². The molecule has 0 saturated heterocycles. The highest BCUT2D eigenvalue weighted by atomic mass is 35.5. The zero-order valence-corrected chi connectivity index (χ0v) is 16.3. The van der Waals surface area contributed by atoms with E-state index in [9.17, 15) is 0 Å². The fraction of sp³-hybridized carbons (Fsp3) is 0.429. The third-order valence-corrected chi connectivity index (χ3v) is 4.75. The Labute approximate surface area is 156 Å². The highest BCUT2D eigenvalue weighted by molar-refractivity contribution is 6.30. The Morgan fingerprint density at radius 3 is 2.32 bits per heavy atom. The van der Waals surface area contributed by atoms with Crippen LogP contribution in [-0.4, -0.2) is 20.3 Å². The molecule has 2 rings (SSSR count). The smallest absolute Gasteiger partial charge is 0.124 e. The highest BCUT2D eigenvalue weighted by Crippen LogP contribution is 2.28. The molecule has 0 bridgehead atoms. The van der Waals surface area contributed by atoms with Gasteiger partial charge in [0.1, 0.15) is 24.7 Å². The van der Waals surface area contributed by atoms with Crippen molar-refractivity contribution in [1.82, 2.24) is 5.32 Å². The number of benzene rings is 2. The first kappa shape index (κ1) is 19.6. The number of hydrogen-bond acceptors (Lipinski definition) is 3. The van der Waals surface area contributed by atoms with Crippen molar-refractivity contribution >= 4 is 11.6 Å². The van der Waals surface area contributed by atoms with Crippen LogP contribution in [-0.2, 0) is 12.0 Å². The van der Waals surface area contributed by atoms with Crippen LogP contribution >= 0.6 is 11.6 Å². The maximum atomic E-state index is 6.04. The van der Waals surface area contributed by atoms with E-state index in [1.807, 2.05) is 37.4 Å².